The van der Waals surface area contributed by atoms with E-state index in [4.69, 9.17) is 19.4 Å². The predicted molar refractivity (Wildman–Crippen MR) is 254 cm³/mol. The summed E-state index contributed by atoms with van der Waals surface area (Å²) in [4.78, 5) is 15.4. The Bertz CT molecular complexity index is 3510. The average molecular weight is 793 g/mol. The molecular weight excluding hydrogens is 757 g/mol. The first kappa shape index (κ1) is 35.5. The molecule has 3 heterocycles. The Morgan fingerprint density at radius 1 is 0.306 bits per heavy atom. The van der Waals surface area contributed by atoms with Crippen molar-refractivity contribution in [2.45, 2.75) is 0 Å². The van der Waals surface area contributed by atoms with Crippen LogP contribution < -0.4 is 0 Å². The van der Waals surface area contributed by atoms with Crippen molar-refractivity contribution < 1.29 is 4.42 Å². The highest BCUT2D eigenvalue weighted by atomic mass is 16.3. The van der Waals surface area contributed by atoms with E-state index in [0.717, 1.165) is 83.2 Å². The van der Waals surface area contributed by atoms with Gasteiger partial charge in [-0.15, -0.1) is 0 Å². The van der Waals surface area contributed by atoms with Crippen LogP contribution in [0.4, 0.5) is 0 Å². The molecule has 0 amide bonds. The molecule has 0 N–H and O–H groups in total. The zero-order chi connectivity index (χ0) is 41.0. The fourth-order valence-corrected chi connectivity index (χ4v) is 8.85. The summed E-state index contributed by atoms with van der Waals surface area (Å²) in [5.41, 5.74) is 14.6. The summed E-state index contributed by atoms with van der Waals surface area (Å²) >= 11 is 0. The molecule has 0 aliphatic rings. The minimum absolute atomic E-state index is 0.610. The molecular formula is C57H36N4O. The third kappa shape index (κ3) is 6.14. The number of fused-ring (bicyclic) bond motifs is 7. The summed E-state index contributed by atoms with van der Waals surface area (Å²) in [7, 11) is 0. The van der Waals surface area contributed by atoms with Gasteiger partial charge in [0.05, 0.1) is 16.4 Å². The smallest absolute Gasteiger partial charge is 0.164 e. The van der Waals surface area contributed by atoms with Crippen LogP contribution in [0.5, 0.6) is 0 Å². The number of nitrogens with zero attached hydrogens (tertiary/aromatic N) is 4. The summed E-state index contributed by atoms with van der Waals surface area (Å²) < 4.78 is 8.91. The number of aromatic nitrogens is 4. The monoisotopic (exact) mass is 792 g/mol. The van der Waals surface area contributed by atoms with E-state index in [0.29, 0.717) is 17.5 Å². The topological polar surface area (TPSA) is 56.7 Å². The molecule has 0 aliphatic carbocycles. The maximum Gasteiger partial charge on any atom is 0.164 e. The van der Waals surface area contributed by atoms with Crippen LogP contribution in [0.2, 0.25) is 0 Å². The molecule has 0 radical (unpaired) electrons. The van der Waals surface area contributed by atoms with Crippen molar-refractivity contribution in [3.05, 3.63) is 218 Å². The van der Waals surface area contributed by atoms with Crippen molar-refractivity contribution in [2.24, 2.45) is 0 Å². The minimum Gasteiger partial charge on any atom is -0.456 e. The van der Waals surface area contributed by atoms with Gasteiger partial charge < -0.3 is 8.98 Å². The van der Waals surface area contributed by atoms with E-state index in [1.165, 1.54) is 16.3 Å². The number of hydrogen-bond acceptors (Lipinski definition) is 4. The van der Waals surface area contributed by atoms with Gasteiger partial charge in [-0.05, 0) is 88.0 Å². The van der Waals surface area contributed by atoms with Gasteiger partial charge in [0.1, 0.15) is 11.2 Å². The van der Waals surface area contributed by atoms with Crippen LogP contribution in [0.15, 0.2) is 223 Å². The maximum atomic E-state index is 6.54. The van der Waals surface area contributed by atoms with Crippen LogP contribution >= 0.6 is 0 Å². The van der Waals surface area contributed by atoms with Gasteiger partial charge in [-0.3, -0.25) is 0 Å². The van der Waals surface area contributed by atoms with E-state index in [2.05, 4.69) is 211 Å². The summed E-state index contributed by atoms with van der Waals surface area (Å²) in [6.07, 6.45) is 0. The van der Waals surface area contributed by atoms with E-state index in [9.17, 15) is 0 Å². The fraction of sp³-hybridized carbons (Fsp3) is 0. The Hall–Kier alpha value is -8.41. The maximum absolute atomic E-state index is 6.54. The van der Waals surface area contributed by atoms with Crippen LogP contribution in [0.3, 0.4) is 0 Å². The van der Waals surface area contributed by atoms with E-state index in [1.54, 1.807) is 0 Å². The first-order chi connectivity index (χ1) is 30.7. The van der Waals surface area contributed by atoms with Gasteiger partial charge in [0, 0.05) is 38.5 Å². The second-order valence-electron chi connectivity index (χ2n) is 15.6. The van der Waals surface area contributed by atoms with Gasteiger partial charge in [0.25, 0.3) is 0 Å². The lowest BCUT2D eigenvalue weighted by atomic mass is 10.0. The molecule has 12 aromatic rings. The lowest BCUT2D eigenvalue weighted by molar-refractivity contribution is 0.669. The van der Waals surface area contributed by atoms with Gasteiger partial charge in [0.15, 0.2) is 17.5 Å². The average Bonchev–Trinajstić information content (AvgIpc) is 3.90. The SMILES string of the molecule is c1ccc(-c2cccc(-c3nc(-c4ccc(-c5ccc6oc7ccc8c9ccccc9n(-c9ccccc9)c8c7c6c5)cc4)nc(-c4cccc(-c5ccccc5)c4)n3)c2)cc1. The van der Waals surface area contributed by atoms with Gasteiger partial charge in [-0.2, -0.15) is 0 Å². The summed E-state index contributed by atoms with van der Waals surface area (Å²) in [6, 6.07) is 76.2. The van der Waals surface area contributed by atoms with Crippen LogP contribution in [-0.2, 0) is 0 Å². The third-order valence-electron chi connectivity index (χ3n) is 11.8. The molecule has 290 valence electrons. The molecule has 0 unspecified atom stereocenters. The number of rotatable bonds is 7. The second kappa shape index (κ2) is 14.7. The van der Waals surface area contributed by atoms with Gasteiger partial charge in [-0.1, -0.05) is 164 Å². The zero-order valence-electron chi connectivity index (χ0n) is 33.5. The lowest BCUT2D eigenvalue weighted by Gasteiger charge is -2.11. The molecule has 0 saturated heterocycles. The molecule has 0 aliphatic heterocycles. The Labute approximate surface area is 357 Å². The van der Waals surface area contributed by atoms with Gasteiger partial charge in [-0.25, -0.2) is 15.0 Å². The molecule has 0 saturated carbocycles. The number of furan rings is 1. The number of hydrogen-bond donors (Lipinski definition) is 0. The van der Waals surface area contributed by atoms with Crippen LogP contribution in [0.25, 0.3) is 117 Å². The minimum atomic E-state index is 0.610. The normalized spacial score (nSPS) is 11.5. The van der Waals surface area contributed by atoms with Crippen molar-refractivity contribution in [1.82, 2.24) is 19.5 Å². The highest BCUT2D eigenvalue weighted by molar-refractivity contribution is 6.24. The van der Waals surface area contributed by atoms with Crippen LogP contribution in [-0.4, -0.2) is 19.5 Å². The van der Waals surface area contributed by atoms with Crippen molar-refractivity contribution in [1.29, 1.82) is 0 Å². The number of benzene rings is 9. The molecule has 0 fully saturated rings. The largest absolute Gasteiger partial charge is 0.456 e. The van der Waals surface area contributed by atoms with Gasteiger partial charge in [0.2, 0.25) is 0 Å². The fourth-order valence-electron chi connectivity index (χ4n) is 8.85. The van der Waals surface area contributed by atoms with E-state index < -0.39 is 0 Å². The summed E-state index contributed by atoms with van der Waals surface area (Å²) in [6.45, 7) is 0. The Balaban J connectivity index is 0.975. The van der Waals surface area contributed by atoms with Crippen molar-refractivity contribution >= 4 is 43.7 Å². The van der Waals surface area contributed by atoms with Crippen LogP contribution in [0.1, 0.15) is 0 Å². The molecule has 5 heteroatoms. The van der Waals surface area contributed by atoms with E-state index in [1.807, 2.05) is 12.1 Å². The second-order valence-corrected chi connectivity index (χ2v) is 15.6. The Kier molecular flexibility index (Phi) is 8.42. The molecule has 5 nitrogen and oxygen atoms in total. The lowest BCUT2D eigenvalue weighted by Crippen LogP contribution is -2.00. The van der Waals surface area contributed by atoms with E-state index >= 15 is 0 Å². The molecule has 0 bridgehead atoms. The van der Waals surface area contributed by atoms with Crippen molar-refractivity contribution in [2.75, 3.05) is 0 Å². The Morgan fingerprint density at radius 3 is 1.42 bits per heavy atom. The first-order valence-corrected chi connectivity index (χ1v) is 20.8. The highest BCUT2D eigenvalue weighted by Crippen LogP contribution is 2.42. The molecule has 3 aromatic heterocycles. The molecule has 0 spiro atoms. The number of para-hydroxylation sites is 2. The summed E-state index contributed by atoms with van der Waals surface area (Å²) in [5.74, 6) is 1.85. The standard InChI is InChI=1S/C57H36N4O/c1-4-14-37(15-5-1)41-18-12-20-44(34-41)56-58-55(59-57(60-56)45-21-13-19-42(35-45)38-16-6-2-7-17-38)40-28-26-39(27-29-40)43-30-32-51-49(36-43)53-52(62-51)33-31-48-47-24-10-11-25-50(47)61(54(48)53)46-22-8-3-9-23-46/h1-36H. The van der Waals surface area contributed by atoms with Crippen LogP contribution in [0, 0.1) is 0 Å². The van der Waals surface area contributed by atoms with Gasteiger partial charge >= 0.3 is 0 Å². The summed E-state index contributed by atoms with van der Waals surface area (Å²) in [5, 5.41) is 4.60. The van der Waals surface area contributed by atoms with Crippen molar-refractivity contribution in [3.63, 3.8) is 0 Å². The highest BCUT2D eigenvalue weighted by Gasteiger charge is 2.20. The third-order valence-corrected chi connectivity index (χ3v) is 11.8. The predicted octanol–water partition coefficient (Wildman–Crippen LogP) is 14.9. The molecule has 62 heavy (non-hydrogen) atoms. The first-order valence-electron chi connectivity index (χ1n) is 20.8. The zero-order valence-corrected chi connectivity index (χ0v) is 33.5. The molecule has 12 rings (SSSR count). The Morgan fingerprint density at radius 2 is 0.774 bits per heavy atom. The molecule has 9 aromatic carbocycles. The quantitative estimate of drug-likeness (QED) is 0.161. The molecule has 0 atom stereocenters. The van der Waals surface area contributed by atoms with Crippen molar-refractivity contribution in [3.8, 4) is 73.2 Å². The van der Waals surface area contributed by atoms with E-state index in [-0.39, 0.29) is 0 Å².